The first kappa shape index (κ1) is 14.0. The largest absolute Gasteiger partial charge is 0.387 e. The number of likely N-dealkylation sites (tertiary alicyclic amines) is 1. The van der Waals surface area contributed by atoms with Gasteiger partial charge in [-0.1, -0.05) is 6.42 Å². The molecule has 2 unspecified atom stereocenters. The fourth-order valence-electron chi connectivity index (χ4n) is 2.73. The maximum absolute atomic E-state index is 9.52. The summed E-state index contributed by atoms with van der Waals surface area (Å²) in [5, 5.41) is 12.7. The summed E-state index contributed by atoms with van der Waals surface area (Å²) in [6, 6.07) is 1.25. The number of thiazole rings is 1. The molecule has 2 rings (SSSR count). The third kappa shape index (κ3) is 3.31. The molecule has 4 heteroatoms. The molecular formula is C14H24N2OS. The Balaban J connectivity index is 2.01. The van der Waals surface area contributed by atoms with E-state index in [0.29, 0.717) is 12.1 Å². The third-order valence-corrected chi connectivity index (χ3v) is 4.63. The van der Waals surface area contributed by atoms with Crippen molar-refractivity contribution < 1.29 is 5.11 Å². The number of aliphatic hydroxyl groups excluding tert-OH is 1. The quantitative estimate of drug-likeness (QED) is 0.912. The predicted molar refractivity (Wildman–Crippen MR) is 75.9 cm³/mol. The smallest absolute Gasteiger partial charge is 0.0945 e. The van der Waals surface area contributed by atoms with E-state index in [-0.39, 0.29) is 0 Å². The average molecular weight is 268 g/mol. The molecule has 18 heavy (non-hydrogen) atoms. The fraction of sp³-hybridized carbons (Fsp3) is 0.786. The number of hydrogen-bond donors (Lipinski definition) is 1. The first-order valence-corrected chi connectivity index (χ1v) is 7.84. The highest BCUT2D eigenvalue weighted by atomic mass is 32.1. The Bertz CT molecular complexity index is 376. The van der Waals surface area contributed by atoms with Crippen LogP contribution in [-0.4, -0.2) is 33.6 Å². The van der Waals surface area contributed by atoms with E-state index in [1.807, 2.05) is 5.38 Å². The van der Waals surface area contributed by atoms with Gasteiger partial charge in [0.2, 0.25) is 0 Å². The van der Waals surface area contributed by atoms with Crippen molar-refractivity contribution in [1.29, 1.82) is 0 Å². The van der Waals surface area contributed by atoms with E-state index in [0.717, 1.165) is 12.1 Å². The lowest BCUT2D eigenvalue weighted by atomic mass is 9.98. The number of hydrogen-bond acceptors (Lipinski definition) is 4. The van der Waals surface area contributed by atoms with Crippen molar-refractivity contribution in [2.45, 2.75) is 64.6 Å². The first-order valence-electron chi connectivity index (χ1n) is 6.96. The van der Waals surface area contributed by atoms with Gasteiger partial charge in [-0.25, -0.2) is 4.98 Å². The maximum atomic E-state index is 9.52. The molecule has 0 radical (unpaired) electrons. The van der Waals surface area contributed by atoms with Gasteiger partial charge in [0.15, 0.2) is 0 Å². The third-order valence-electron chi connectivity index (χ3n) is 3.74. The molecule has 1 saturated heterocycles. The Morgan fingerprint density at radius 3 is 2.83 bits per heavy atom. The van der Waals surface area contributed by atoms with Crippen molar-refractivity contribution in [3.63, 3.8) is 0 Å². The molecule has 0 bridgehead atoms. The molecule has 102 valence electrons. The zero-order valence-electron chi connectivity index (χ0n) is 11.6. The number of aliphatic hydroxyl groups is 1. The van der Waals surface area contributed by atoms with Crippen molar-refractivity contribution >= 4 is 11.3 Å². The summed E-state index contributed by atoms with van der Waals surface area (Å²) >= 11 is 1.69. The summed E-state index contributed by atoms with van der Waals surface area (Å²) in [6.07, 6.45) is 4.54. The molecule has 1 aliphatic rings. The van der Waals surface area contributed by atoms with E-state index in [4.69, 9.17) is 0 Å². The van der Waals surface area contributed by atoms with Crippen molar-refractivity contribution in [1.82, 2.24) is 9.88 Å². The molecule has 0 aromatic carbocycles. The lowest BCUT2D eigenvalue weighted by molar-refractivity contribution is 0.111. The molecule has 0 aliphatic carbocycles. The molecule has 1 N–H and O–H groups in total. The lowest BCUT2D eigenvalue weighted by Gasteiger charge is -2.38. The van der Waals surface area contributed by atoms with Crippen LogP contribution in [0.15, 0.2) is 5.38 Å². The minimum atomic E-state index is -0.442. The minimum Gasteiger partial charge on any atom is -0.387 e. The Labute approximate surface area is 114 Å². The Hall–Kier alpha value is -0.450. The molecule has 0 amide bonds. The minimum absolute atomic E-state index is 0.442. The Morgan fingerprint density at radius 2 is 2.22 bits per heavy atom. The molecule has 1 fully saturated rings. The van der Waals surface area contributed by atoms with Crippen LogP contribution in [0.3, 0.4) is 0 Å². The van der Waals surface area contributed by atoms with E-state index >= 15 is 0 Å². The second kappa shape index (κ2) is 6.13. The van der Waals surface area contributed by atoms with Crippen LogP contribution in [0.1, 0.15) is 56.8 Å². The van der Waals surface area contributed by atoms with E-state index < -0.39 is 6.10 Å². The van der Waals surface area contributed by atoms with Gasteiger partial charge in [-0.05, 0) is 40.2 Å². The second-order valence-electron chi connectivity index (χ2n) is 5.53. The van der Waals surface area contributed by atoms with Crippen LogP contribution in [0.25, 0.3) is 0 Å². The van der Waals surface area contributed by atoms with Crippen molar-refractivity contribution in [2.24, 2.45) is 0 Å². The second-order valence-corrected chi connectivity index (χ2v) is 6.47. The summed E-state index contributed by atoms with van der Waals surface area (Å²) in [5.74, 6) is 0. The van der Waals surface area contributed by atoms with E-state index in [1.54, 1.807) is 18.3 Å². The van der Waals surface area contributed by atoms with Gasteiger partial charge < -0.3 is 5.11 Å². The Morgan fingerprint density at radius 1 is 1.44 bits per heavy atom. The van der Waals surface area contributed by atoms with E-state index in [2.05, 4.69) is 23.7 Å². The number of rotatable bonds is 4. The van der Waals surface area contributed by atoms with Crippen LogP contribution < -0.4 is 0 Å². The highest BCUT2D eigenvalue weighted by molar-refractivity contribution is 7.09. The zero-order valence-corrected chi connectivity index (χ0v) is 12.4. The van der Waals surface area contributed by atoms with Crippen LogP contribution in [-0.2, 0) is 6.42 Å². The van der Waals surface area contributed by atoms with Crippen LogP contribution in [0.5, 0.6) is 0 Å². The van der Waals surface area contributed by atoms with Gasteiger partial charge in [0.25, 0.3) is 0 Å². The summed E-state index contributed by atoms with van der Waals surface area (Å²) in [4.78, 5) is 7.14. The summed E-state index contributed by atoms with van der Waals surface area (Å²) in [5.41, 5.74) is 0.821. The molecule has 0 saturated carbocycles. The number of piperidine rings is 1. The topological polar surface area (TPSA) is 36.4 Å². The van der Waals surface area contributed by atoms with Crippen molar-refractivity contribution in [3.8, 4) is 0 Å². The Kier molecular flexibility index (Phi) is 4.76. The highest BCUT2D eigenvalue weighted by Crippen LogP contribution is 2.25. The van der Waals surface area contributed by atoms with Gasteiger partial charge >= 0.3 is 0 Å². The van der Waals surface area contributed by atoms with Crippen LogP contribution in [0.2, 0.25) is 0 Å². The van der Waals surface area contributed by atoms with Crippen LogP contribution in [0.4, 0.5) is 0 Å². The summed E-state index contributed by atoms with van der Waals surface area (Å²) in [7, 11) is 0. The number of nitrogens with zero attached hydrogens (tertiary/aromatic N) is 2. The molecule has 1 aromatic heterocycles. The van der Waals surface area contributed by atoms with Gasteiger partial charge in [-0.2, -0.15) is 0 Å². The van der Waals surface area contributed by atoms with Gasteiger partial charge in [0.1, 0.15) is 0 Å². The monoisotopic (exact) mass is 268 g/mol. The number of aromatic nitrogens is 1. The van der Waals surface area contributed by atoms with Gasteiger partial charge in [0.05, 0.1) is 16.8 Å². The molecule has 1 aliphatic heterocycles. The molecule has 0 spiro atoms. The zero-order chi connectivity index (χ0) is 13.1. The standard InChI is InChI=1S/C14H24N2OS/c1-10(2)16-7-5-4-6-12(16)8-14-15-13(9-18-14)11(3)17/h9-12,17H,4-8H2,1-3H3. The highest BCUT2D eigenvalue weighted by Gasteiger charge is 2.25. The SMILES string of the molecule is CC(O)c1csc(CC2CCCCN2C(C)C)n1. The van der Waals surface area contributed by atoms with Crippen molar-refractivity contribution in [3.05, 3.63) is 16.1 Å². The molecule has 2 atom stereocenters. The average Bonchev–Trinajstić information content (AvgIpc) is 2.78. The lowest BCUT2D eigenvalue weighted by Crippen LogP contribution is -2.44. The van der Waals surface area contributed by atoms with Crippen LogP contribution in [0, 0.1) is 0 Å². The molecule has 2 heterocycles. The van der Waals surface area contributed by atoms with Gasteiger partial charge in [0, 0.05) is 23.9 Å². The van der Waals surface area contributed by atoms with Gasteiger partial charge in [-0.3, -0.25) is 4.90 Å². The fourth-order valence-corrected chi connectivity index (χ4v) is 3.69. The van der Waals surface area contributed by atoms with Gasteiger partial charge in [-0.15, -0.1) is 11.3 Å². The molecule has 3 nitrogen and oxygen atoms in total. The van der Waals surface area contributed by atoms with Crippen LogP contribution >= 0.6 is 11.3 Å². The molecular weight excluding hydrogens is 244 g/mol. The summed E-state index contributed by atoms with van der Waals surface area (Å²) < 4.78 is 0. The van der Waals surface area contributed by atoms with E-state index in [9.17, 15) is 5.11 Å². The first-order chi connectivity index (χ1) is 8.58. The van der Waals surface area contributed by atoms with E-state index in [1.165, 1.54) is 30.8 Å². The molecule has 1 aromatic rings. The normalized spacial score (nSPS) is 23.5. The predicted octanol–water partition coefficient (Wildman–Crippen LogP) is 3.00. The maximum Gasteiger partial charge on any atom is 0.0945 e. The summed E-state index contributed by atoms with van der Waals surface area (Å²) in [6.45, 7) is 7.56. The van der Waals surface area contributed by atoms with Crippen molar-refractivity contribution in [2.75, 3.05) is 6.54 Å².